The fraction of sp³-hybridized carbons (Fsp3) is 0.400. The summed E-state index contributed by atoms with van der Waals surface area (Å²) in [4.78, 5) is 15.7. The van der Waals surface area contributed by atoms with Crippen LogP contribution in [0.2, 0.25) is 0 Å². The van der Waals surface area contributed by atoms with Gasteiger partial charge in [0.15, 0.2) is 0 Å². The number of benzene rings is 2. The molecule has 4 rings (SSSR count). The molecule has 30 heavy (non-hydrogen) atoms. The van der Waals surface area contributed by atoms with Crippen LogP contribution in [0.4, 0.5) is 4.79 Å². The van der Waals surface area contributed by atoms with E-state index in [1.54, 1.807) is 0 Å². The van der Waals surface area contributed by atoms with E-state index in [9.17, 15) is 4.79 Å². The average molecular weight is 406 g/mol. The van der Waals surface area contributed by atoms with Crippen molar-refractivity contribution in [3.8, 4) is 5.75 Å². The maximum atomic E-state index is 12.2. The molecule has 5 nitrogen and oxygen atoms in total. The molecular formula is C25H31N3O2. The number of carbonyl (C=O) groups is 1. The van der Waals surface area contributed by atoms with Gasteiger partial charge < -0.3 is 20.4 Å². The van der Waals surface area contributed by atoms with Crippen LogP contribution in [0.3, 0.4) is 0 Å². The number of hydrogen-bond donors (Lipinski definition) is 3. The fourth-order valence-electron chi connectivity index (χ4n) is 4.30. The Labute approximate surface area is 178 Å². The van der Waals surface area contributed by atoms with Crippen LogP contribution in [-0.2, 0) is 13.0 Å². The molecule has 0 atom stereocenters. The van der Waals surface area contributed by atoms with Gasteiger partial charge in [-0.15, -0.1) is 0 Å². The third-order valence-electron chi connectivity index (χ3n) is 5.94. The summed E-state index contributed by atoms with van der Waals surface area (Å²) in [6, 6.07) is 16.6. The van der Waals surface area contributed by atoms with Crippen LogP contribution in [0.5, 0.6) is 5.75 Å². The SMILES string of the molecule is Cc1[nH]c2ccc(OCc3ccccc3)cc2c1CCNC(=O)NC1CCCCC1. The molecule has 2 amide bonds. The van der Waals surface area contributed by atoms with E-state index in [2.05, 4.69) is 46.8 Å². The highest BCUT2D eigenvalue weighted by Gasteiger charge is 2.16. The summed E-state index contributed by atoms with van der Waals surface area (Å²) in [5, 5.41) is 7.30. The number of fused-ring (bicyclic) bond motifs is 1. The molecule has 3 N–H and O–H groups in total. The Morgan fingerprint density at radius 2 is 1.90 bits per heavy atom. The summed E-state index contributed by atoms with van der Waals surface area (Å²) in [6.07, 6.45) is 6.70. The first-order chi connectivity index (χ1) is 14.7. The number of aromatic amines is 1. The smallest absolute Gasteiger partial charge is 0.315 e. The Morgan fingerprint density at radius 3 is 2.70 bits per heavy atom. The second-order valence-corrected chi connectivity index (χ2v) is 8.20. The lowest BCUT2D eigenvalue weighted by molar-refractivity contribution is 0.233. The van der Waals surface area contributed by atoms with Gasteiger partial charge in [0.1, 0.15) is 12.4 Å². The van der Waals surface area contributed by atoms with E-state index in [1.165, 1.54) is 24.8 Å². The van der Waals surface area contributed by atoms with Crippen molar-refractivity contribution in [1.82, 2.24) is 15.6 Å². The van der Waals surface area contributed by atoms with Crippen LogP contribution in [0.25, 0.3) is 10.9 Å². The van der Waals surface area contributed by atoms with E-state index in [-0.39, 0.29) is 6.03 Å². The number of H-pyrrole nitrogens is 1. The minimum Gasteiger partial charge on any atom is -0.489 e. The number of ether oxygens (including phenoxy) is 1. The van der Waals surface area contributed by atoms with Crippen molar-refractivity contribution in [1.29, 1.82) is 0 Å². The third kappa shape index (κ3) is 5.15. The van der Waals surface area contributed by atoms with E-state index in [4.69, 9.17) is 4.74 Å². The molecule has 2 aromatic carbocycles. The first-order valence-corrected chi connectivity index (χ1v) is 11.0. The predicted octanol–water partition coefficient (Wildman–Crippen LogP) is 5.23. The predicted molar refractivity (Wildman–Crippen MR) is 121 cm³/mol. The van der Waals surface area contributed by atoms with E-state index in [0.717, 1.165) is 47.2 Å². The van der Waals surface area contributed by atoms with E-state index in [0.29, 0.717) is 19.2 Å². The van der Waals surface area contributed by atoms with Crippen LogP contribution < -0.4 is 15.4 Å². The quantitative estimate of drug-likeness (QED) is 0.504. The second kappa shape index (κ2) is 9.70. The van der Waals surface area contributed by atoms with Gasteiger partial charge in [-0.25, -0.2) is 4.79 Å². The highest BCUT2D eigenvalue weighted by molar-refractivity contribution is 5.86. The molecule has 1 fully saturated rings. The van der Waals surface area contributed by atoms with Crippen LogP contribution >= 0.6 is 0 Å². The number of aryl methyl sites for hydroxylation is 1. The van der Waals surface area contributed by atoms with Gasteiger partial charge in [0.05, 0.1) is 0 Å². The van der Waals surface area contributed by atoms with Crippen molar-refractivity contribution in [3.63, 3.8) is 0 Å². The van der Waals surface area contributed by atoms with Crippen molar-refractivity contribution in [2.75, 3.05) is 6.54 Å². The molecule has 5 heteroatoms. The molecule has 158 valence electrons. The highest BCUT2D eigenvalue weighted by atomic mass is 16.5. The van der Waals surface area contributed by atoms with E-state index < -0.39 is 0 Å². The molecule has 0 bridgehead atoms. The average Bonchev–Trinajstić information content (AvgIpc) is 3.08. The van der Waals surface area contributed by atoms with Crippen LogP contribution in [-0.4, -0.2) is 23.6 Å². The van der Waals surface area contributed by atoms with Crippen molar-refractivity contribution in [3.05, 3.63) is 65.4 Å². The normalized spacial score (nSPS) is 14.6. The zero-order valence-electron chi connectivity index (χ0n) is 17.7. The van der Waals surface area contributed by atoms with E-state index >= 15 is 0 Å². The summed E-state index contributed by atoms with van der Waals surface area (Å²) in [7, 11) is 0. The van der Waals surface area contributed by atoms with E-state index in [1.807, 2.05) is 24.3 Å². The van der Waals surface area contributed by atoms with Crippen molar-refractivity contribution in [2.24, 2.45) is 0 Å². The zero-order chi connectivity index (χ0) is 20.8. The minimum atomic E-state index is -0.0497. The van der Waals surface area contributed by atoms with Gasteiger partial charge in [-0.2, -0.15) is 0 Å². The lowest BCUT2D eigenvalue weighted by Crippen LogP contribution is -2.43. The molecule has 0 saturated heterocycles. The number of carbonyl (C=O) groups excluding carboxylic acids is 1. The molecule has 1 heterocycles. The number of amides is 2. The summed E-state index contributed by atoms with van der Waals surface area (Å²) < 4.78 is 6.00. The van der Waals surface area contributed by atoms with Gasteiger partial charge in [-0.05, 0) is 55.5 Å². The second-order valence-electron chi connectivity index (χ2n) is 8.20. The summed E-state index contributed by atoms with van der Waals surface area (Å²) in [6.45, 7) is 3.25. The maximum absolute atomic E-state index is 12.2. The largest absolute Gasteiger partial charge is 0.489 e. The summed E-state index contributed by atoms with van der Waals surface area (Å²) in [5.74, 6) is 0.856. The Balaban J connectivity index is 1.35. The minimum absolute atomic E-state index is 0.0497. The van der Waals surface area contributed by atoms with Gasteiger partial charge in [0, 0.05) is 29.2 Å². The lowest BCUT2D eigenvalue weighted by atomic mass is 9.96. The molecule has 0 spiro atoms. The molecule has 0 aliphatic heterocycles. The zero-order valence-corrected chi connectivity index (χ0v) is 17.7. The van der Waals surface area contributed by atoms with Crippen LogP contribution in [0, 0.1) is 6.92 Å². The number of aromatic nitrogens is 1. The lowest BCUT2D eigenvalue weighted by Gasteiger charge is -2.22. The Bertz CT molecular complexity index is 975. The van der Waals surface area contributed by atoms with Crippen LogP contribution in [0.1, 0.15) is 48.9 Å². The van der Waals surface area contributed by atoms with Crippen molar-refractivity contribution >= 4 is 16.9 Å². The van der Waals surface area contributed by atoms with Crippen molar-refractivity contribution < 1.29 is 9.53 Å². The Kier molecular flexibility index (Phi) is 6.57. The monoisotopic (exact) mass is 405 g/mol. The van der Waals surface area contributed by atoms with Gasteiger partial charge in [0.2, 0.25) is 0 Å². The number of hydrogen-bond acceptors (Lipinski definition) is 2. The highest BCUT2D eigenvalue weighted by Crippen LogP contribution is 2.27. The van der Waals surface area contributed by atoms with Gasteiger partial charge in [0.25, 0.3) is 0 Å². The molecule has 0 radical (unpaired) electrons. The van der Waals surface area contributed by atoms with Crippen molar-refractivity contribution in [2.45, 2.75) is 58.1 Å². The molecule has 1 aliphatic carbocycles. The number of rotatable bonds is 7. The Hall–Kier alpha value is -2.95. The number of nitrogens with one attached hydrogen (secondary N) is 3. The molecule has 0 unspecified atom stereocenters. The van der Waals surface area contributed by atoms with Gasteiger partial charge in [-0.1, -0.05) is 49.6 Å². The van der Waals surface area contributed by atoms with Gasteiger partial charge >= 0.3 is 6.03 Å². The fourth-order valence-corrected chi connectivity index (χ4v) is 4.30. The molecule has 1 aliphatic rings. The summed E-state index contributed by atoms with van der Waals surface area (Å²) in [5.41, 5.74) is 4.62. The maximum Gasteiger partial charge on any atom is 0.315 e. The molecular weight excluding hydrogens is 374 g/mol. The molecule has 1 aromatic heterocycles. The molecule has 3 aromatic rings. The standard InChI is InChI=1S/C25H31N3O2/c1-18-22(14-15-26-25(29)28-20-10-6-3-7-11-20)23-16-21(12-13-24(23)27-18)30-17-19-8-4-2-5-9-19/h2,4-5,8-9,12-13,16,20,27H,3,6-7,10-11,14-15,17H2,1H3,(H2,26,28,29). The third-order valence-corrected chi connectivity index (χ3v) is 5.94. The Morgan fingerprint density at radius 1 is 1.10 bits per heavy atom. The number of urea groups is 1. The van der Waals surface area contributed by atoms with Gasteiger partial charge in [-0.3, -0.25) is 0 Å². The summed E-state index contributed by atoms with van der Waals surface area (Å²) >= 11 is 0. The first kappa shape index (κ1) is 20.3. The first-order valence-electron chi connectivity index (χ1n) is 11.0. The molecule has 1 saturated carbocycles. The van der Waals surface area contributed by atoms with Crippen LogP contribution in [0.15, 0.2) is 48.5 Å². The topological polar surface area (TPSA) is 66.1 Å².